The molecule has 0 unspecified atom stereocenters. The second-order valence-corrected chi connectivity index (χ2v) is 4.35. The van der Waals surface area contributed by atoms with Crippen LogP contribution in [0.15, 0.2) is 11.0 Å². The maximum Gasteiger partial charge on any atom is 0.156 e. The van der Waals surface area contributed by atoms with Gasteiger partial charge < -0.3 is 0 Å². The Morgan fingerprint density at radius 2 is 2.25 bits per heavy atom. The third-order valence-electron chi connectivity index (χ3n) is 1.98. The highest BCUT2D eigenvalue weighted by molar-refractivity contribution is 8.03. The van der Waals surface area contributed by atoms with E-state index in [-0.39, 0.29) is 0 Å². The topological polar surface area (TPSA) is 17.1 Å². The van der Waals surface area contributed by atoms with E-state index in [1.807, 2.05) is 17.8 Å². The van der Waals surface area contributed by atoms with Crippen molar-refractivity contribution in [1.82, 2.24) is 0 Å². The van der Waals surface area contributed by atoms with Crippen LogP contribution in [0.1, 0.15) is 39.0 Å². The van der Waals surface area contributed by atoms with Crippen molar-refractivity contribution in [2.75, 3.05) is 5.75 Å². The summed E-state index contributed by atoms with van der Waals surface area (Å²) < 4.78 is 0. The van der Waals surface area contributed by atoms with E-state index >= 15 is 0 Å². The van der Waals surface area contributed by atoms with Gasteiger partial charge in [-0.15, -0.1) is 11.8 Å². The van der Waals surface area contributed by atoms with Gasteiger partial charge in [-0.25, -0.2) is 0 Å². The van der Waals surface area contributed by atoms with Crippen LogP contribution in [0.5, 0.6) is 0 Å². The first-order valence-corrected chi connectivity index (χ1v) is 5.67. The van der Waals surface area contributed by atoms with Crippen molar-refractivity contribution in [2.24, 2.45) is 0 Å². The molecule has 0 radical (unpaired) electrons. The molecule has 0 aromatic rings. The first-order valence-electron chi connectivity index (χ1n) is 4.69. The van der Waals surface area contributed by atoms with E-state index in [4.69, 9.17) is 0 Å². The van der Waals surface area contributed by atoms with E-state index in [0.717, 1.165) is 12.8 Å². The van der Waals surface area contributed by atoms with E-state index in [9.17, 15) is 4.79 Å². The lowest BCUT2D eigenvalue weighted by Crippen LogP contribution is -1.80. The fourth-order valence-corrected chi connectivity index (χ4v) is 2.31. The van der Waals surface area contributed by atoms with Crippen LogP contribution in [0, 0.1) is 0 Å². The van der Waals surface area contributed by atoms with Crippen molar-refractivity contribution < 1.29 is 4.79 Å². The van der Waals surface area contributed by atoms with E-state index in [1.165, 1.54) is 29.9 Å². The maximum atomic E-state index is 10.9. The maximum absolute atomic E-state index is 10.9. The molecule has 0 aromatic heterocycles. The predicted molar refractivity (Wildman–Crippen MR) is 54.3 cm³/mol. The number of rotatable bonds is 5. The van der Waals surface area contributed by atoms with Crippen LogP contribution in [0.4, 0.5) is 0 Å². The number of thioether (sulfide) groups is 1. The molecular formula is C10H16OS. The normalized spacial score (nSPS) is 16.8. The minimum Gasteiger partial charge on any atom is -0.295 e. The smallest absolute Gasteiger partial charge is 0.156 e. The summed E-state index contributed by atoms with van der Waals surface area (Å²) >= 11 is 1.87. The third-order valence-corrected chi connectivity index (χ3v) is 3.16. The van der Waals surface area contributed by atoms with Crippen LogP contribution in [0.25, 0.3) is 0 Å². The number of hydrogen-bond acceptors (Lipinski definition) is 2. The Bertz CT molecular complexity index is 184. The summed E-state index contributed by atoms with van der Waals surface area (Å²) in [4.78, 5) is 12.2. The number of ketones is 1. The monoisotopic (exact) mass is 184 g/mol. The zero-order chi connectivity index (χ0) is 8.81. The van der Waals surface area contributed by atoms with Gasteiger partial charge in [-0.3, -0.25) is 4.79 Å². The molecule has 68 valence electrons. The summed E-state index contributed by atoms with van der Waals surface area (Å²) in [5.41, 5.74) is 0. The molecule has 1 aliphatic rings. The Morgan fingerprint density at radius 3 is 2.83 bits per heavy atom. The van der Waals surface area contributed by atoms with Crippen LogP contribution >= 0.6 is 11.8 Å². The van der Waals surface area contributed by atoms with Gasteiger partial charge >= 0.3 is 0 Å². The van der Waals surface area contributed by atoms with Crippen molar-refractivity contribution in [2.45, 2.75) is 39.0 Å². The van der Waals surface area contributed by atoms with Gasteiger partial charge in [0.15, 0.2) is 5.78 Å². The molecule has 0 spiro atoms. The molecule has 0 N–H and O–H groups in total. The minimum absolute atomic E-state index is 0.313. The van der Waals surface area contributed by atoms with Gasteiger partial charge in [0.1, 0.15) is 0 Å². The summed E-state index contributed by atoms with van der Waals surface area (Å²) in [6, 6.07) is 0. The Morgan fingerprint density at radius 1 is 1.42 bits per heavy atom. The van der Waals surface area contributed by atoms with Crippen molar-refractivity contribution in [3.8, 4) is 0 Å². The molecule has 0 atom stereocenters. The van der Waals surface area contributed by atoms with Gasteiger partial charge in [-0.1, -0.05) is 19.8 Å². The standard InChI is InChI=1S/C10H16OS/c1-2-3-4-7-12-10-6-5-9(11)8-10/h8H,2-7H2,1H3. The number of hydrogen-bond donors (Lipinski definition) is 0. The van der Waals surface area contributed by atoms with Gasteiger partial charge in [-0.05, 0) is 29.6 Å². The summed E-state index contributed by atoms with van der Waals surface area (Å²) in [6.07, 6.45) is 7.43. The van der Waals surface area contributed by atoms with Gasteiger partial charge in [0.25, 0.3) is 0 Å². The Hall–Kier alpha value is -0.240. The lowest BCUT2D eigenvalue weighted by Gasteiger charge is -1.99. The van der Waals surface area contributed by atoms with Crippen molar-refractivity contribution in [3.05, 3.63) is 11.0 Å². The highest BCUT2D eigenvalue weighted by atomic mass is 32.2. The molecule has 1 aliphatic carbocycles. The molecular weight excluding hydrogens is 168 g/mol. The minimum atomic E-state index is 0.313. The third kappa shape index (κ3) is 3.44. The van der Waals surface area contributed by atoms with Gasteiger partial charge in [0, 0.05) is 6.42 Å². The molecule has 1 nitrogen and oxygen atoms in total. The lowest BCUT2D eigenvalue weighted by molar-refractivity contribution is -0.114. The molecule has 0 saturated carbocycles. The van der Waals surface area contributed by atoms with E-state index in [1.54, 1.807) is 0 Å². The first-order chi connectivity index (χ1) is 5.83. The second-order valence-electron chi connectivity index (χ2n) is 3.13. The fourth-order valence-electron chi connectivity index (χ4n) is 1.24. The summed E-state index contributed by atoms with van der Waals surface area (Å²) in [7, 11) is 0. The highest BCUT2D eigenvalue weighted by Crippen LogP contribution is 2.27. The molecule has 0 bridgehead atoms. The number of carbonyl (C=O) groups excluding carboxylic acids is 1. The molecule has 0 amide bonds. The summed E-state index contributed by atoms with van der Waals surface area (Å²) in [5, 5.41) is 0. The number of carbonyl (C=O) groups is 1. The van der Waals surface area contributed by atoms with Crippen molar-refractivity contribution >= 4 is 17.5 Å². The second kappa shape index (κ2) is 5.41. The van der Waals surface area contributed by atoms with Crippen LogP contribution < -0.4 is 0 Å². The summed E-state index contributed by atoms with van der Waals surface area (Å²) in [5.74, 6) is 1.50. The van der Waals surface area contributed by atoms with Gasteiger partial charge in [0.05, 0.1) is 0 Å². The SMILES string of the molecule is CCCCCSC1=CC(=O)CC1. The Balaban J connectivity index is 2.07. The first kappa shape index (κ1) is 9.85. The molecule has 1 rings (SSSR count). The molecule has 0 heterocycles. The largest absolute Gasteiger partial charge is 0.295 e. The lowest BCUT2D eigenvalue weighted by atomic mass is 10.3. The van der Waals surface area contributed by atoms with E-state index in [2.05, 4.69) is 6.92 Å². The molecule has 0 saturated heterocycles. The molecule has 2 heteroatoms. The average molecular weight is 184 g/mol. The number of unbranched alkanes of at least 4 members (excludes halogenated alkanes) is 2. The Kier molecular flexibility index (Phi) is 4.44. The van der Waals surface area contributed by atoms with Crippen LogP contribution in [-0.2, 0) is 4.79 Å². The zero-order valence-corrected chi connectivity index (χ0v) is 8.45. The van der Waals surface area contributed by atoms with E-state index < -0.39 is 0 Å². The summed E-state index contributed by atoms with van der Waals surface area (Å²) in [6.45, 7) is 2.21. The van der Waals surface area contributed by atoms with Crippen molar-refractivity contribution in [3.63, 3.8) is 0 Å². The highest BCUT2D eigenvalue weighted by Gasteiger charge is 2.11. The van der Waals surface area contributed by atoms with Crippen LogP contribution in [0.3, 0.4) is 0 Å². The van der Waals surface area contributed by atoms with Gasteiger partial charge in [-0.2, -0.15) is 0 Å². The Labute approximate surface area is 78.6 Å². The predicted octanol–water partition coefficient (Wildman–Crippen LogP) is 3.16. The quantitative estimate of drug-likeness (QED) is 0.610. The zero-order valence-electron chi connectivity index (χ0n) is 7.64. The molecule has 0 aromatic carbocycles. The van der Waals surface area contributed by atoms with Gasteiger partial charge in [0.2, 0.25) is 0 Å². The van der Waals surface area contributed by atoms with Crippen LogP contribution in [0.2, 0.25) is 0 Å². The van der Waals surface area contributed by atoms with Crippen LogP contribution in [-0.4, -0.2) is 11.5 Å². The molecule has 0 aliphatic heterocycles. The molecule has 12 heavy (non-hydrogen) atoms. The molecule has 0 fully saturated rings. The fraction of sp³-hybridized carbons (Fsp3) is 0.700. The van der Waals surface area contributed by atoms with Crippen molar-refractivity contribution in [1.29, 1.82) is 0 Å². The van der Waals surface area contributed by atoms with E-state index in [0.29, 0.717) is 5.78 Å². The average Bonchev–Trinajstić information content (AvgIpc) is 2.45. The number of allylic oxidation sites excluding steroid dienone is 2.